The molecule has 0 saturated carbocycles. The predicted molar refractivity (Wildman–Crippen MR) is 110 cm³/mol. The molecule has 2 aliphatic rings. The topological polar surface area (TPSA) is 69.5 Å². The van der Waals surface area contributed by atoms with Gasteiger partial charge in [-0.25, -0.2) is 0 Å². The Morgan fingerprint density at radius 3 is 2.84 bits per heavy atom. The van der Waals surface area contributed by atoms with Gasteiger partial charge in [-0.3, -0.25) is 4.79 Å². The van der Waals surface area contributed by atoms with E-state index in [0.29, 0.717) is 12.1 Å². The van der Waals surface area contributed by atoms with Crippen molar-refractivity contribution in [3.8, 4) is 11.5 Å². The molecular formula is C22H26F2N4O3. The number of alkyl halides is 2. The average molecular weight is 432 g/mol. The van der Waals surface area contributed by atoms with Crippen molar-refractivity contribution in [1.29, 1.82) is 0 Å². The van der Waals surface area contributed by atoms with Gasteiger partial charge in [0.15, 0.2) is 17.3 Å². The molecule has 1 amide bonds. The number of hydrogen-bond donors (Lipinski definition) is 0. The van der Waals surface area contributed by atoms with Gasteiger partial charge in [0.25, 0.3) is 0 Å². The third-order valence-electron chi connectivity index (χ3n) is 5.79. The number of rotatable bonds is 6. The van der Waals surface area contributed by atoms with Crippen molar-refractivity contribution in [2.45, 2.75) is 57.7 Å². The summed E-state index contributed by atoms with van der Waals surface area (Å²) in [5.41, 5.74) is 0.652. The van der Waals surface area contributed by atoms with Crippen LogP contribution < -0.4 is 9.47 Å². The van der Waals surface area contributed by atoms with Crippen LogP contribution in [-0.4, -0.2) is 45.8 Å². The zero-order valence-electron chi connectivity index (χ0n) is 17.5. The molecule has 1 aromatic carbocycles. The first-order valence-electron chi connectivity index (χ1n) is 10.6. The molecule has 4 rings (SSSR count). The summed E-state index contributed by atoms with van der Waals surface area (Å²) in [6.07, 6.45) is 9.27. The number of methoxy groups -OCH3 is 1. The van der Waals surface area contributed by atoms with Crippen molar-refractivity contribution in [2.75, 3.05) is 13.7 Å². The van der Waals surface area contributed by atoms with Crippen molar-refractivity contribution in [3.63, 3.8) is 0 Å². The number of hydrogen-bond acceptors (Lipinski definition) is 5. The lowest BCUT2D eigenvalue weighted by atomic mass is 10.1. The van der Waals surface area contributed by atoms with Gasteiger partial charge >= 0.3 is 6.61 Å². The summed E-state index contributed by atoms with van der Waals surface area (Å²) in [7, 11) is 1.38. The molecular weight excluding hydrogens is 406 g/mol. The van der Waals surface area contributed by atoms with E-state index in [1.165, 1.54) is 25.7 Å². The van der Waals surface area contributed by atoms with Crippen LogP contribution in [0.25, 0.3) is 6.08 Å². The number of aryl methyl sites for hydroxylation is 1. The standard InChI is InChI=1S/C22H26F2N4O3/c1-30-18-14-15(8-10-17(18)31-22(23)24)9-11-20(29)27-13-5-6-16(27)21-26-25-19-7-3-2-4-12-28(19)21/h8-11,14,16,22H,2-7,12-13H2,1H3/b11-9+. The summed E-state index contributed by atoms with van der Waals surface area (Å²) in [6.45, 7) is -1.37. The number of fused-ring (bicyclic) bond motifs is 1. The Kier molecular flexibility index (Phi) is 6.48. The fourth-order valence-corrected chi connectivity index (χ4v) is 4.30. The van der Waals surface area contributed by atoms with Crippen LogP contribution in [0.4, 0.5) is 8.78 Å². The molecule has 2 aliphatic heterocycles. The molecule has 1 aromatic heterocycles. The van der Waals surface area contributed by atoms with Crippen LogP contribution in [0.5, 0.6) is 11.5 Å². The van der Waals surface area contributed by atoms with Crippen molar-refractivity contribution in [2.24, 2.45) is 0 Å². The molecule has 7 nitrogen and oxygen atoms in total. The predicted octanol–water partition coefficient (Wildman–Crippen LogP) is 3.99. The van der Waals surface area contributed by atoms with E-state index >= 15 is 0 Å². The molecule has 166 valence electrons. The van der Waals surface area contributed by atoms with Gasteiger partial charge in [-0.05, 0) is 49.5 Å². The molecule has 1 saturated heterocycles. The first-order chi connectivity index (χ1) is 15.1. The van der Waals surface area contributed by atoms with Gasteiger partial charge in [0.1, 0.15) is 5.82 Å². The number of nitrogens with zero attached hydrogens (tertiary/aromatic N) is 4. The minimum Gasteiger partial charge on any atom is -0.493 e. The molecule has 0 spiro atoms. The number of likely N-dealkylation sites (tertiary alicyclic amines) is 1. The van der Waals surface area contributed by atoms with E-state index in [4.69, 9.17) is 4.74 Å². The van der Waals surface area contributed by atoms with Crippen LogP contribution in [-0.2, 0) is 17.8 Å². The van der Waals surface area contributed by atoms with E-state index in [0.717, 1.165) is 50.3 Å². The lowest BCUT2D eigenvalue weighted by molar-refractivity contribution is -0.127. The van der Waals surface area contributed by atoms with Gasteiger partial charge in [0.2, 0.25) is 5.91 Å². The number of halogens is 2. The molecule has 1 fully saturated rings. The Morgan fingerprint density at radius 1 is 1.16 bits per heavy atom. The normalized spacial score (nSPS) is 19.0. The second-order valence-corrected chi connectivity index (χ2v) is 7.75. The fraction of sp³-hybridized carbons (Fsp3) is 0.500. The second-order valence-electron chi connectivity index (χ2n) is 7.75. The molecule has 9 heteroatoms. The number of aromatic nitrogens is 3. The van der Waals surface area contributed by atoms with E-state index in [1.54, 1.807) is 18.2 Å². The van der Waals surface area contributed by atoms with Crippen LogP contribution >= 0.6 is 0 Å². The maximum atomic E-state index is 13.0. The summed E-state index contributed by atoms with van der Waals surface area (Å²) in [6, 6.07) is 4.48. The lowest BCUT2D eigenvalue weighted by Crippen LogP contribution is -2.30. The van der Waals surface area contributed by atoms with Crippen LogP contribution in [0.1, 0.15) is 55.4 Å². The second kappa shape index (κ2) is 9.45. The zero-order chi connectivity index (χ0) is 21.8. The number of ether oxygens (including phenoxy) is 2. The van der Waals surface area contributed by atoms with Crippen molar-refractivity contribution < 1.29 is 23.0 Å². The maximum Gasteiger partial charge on any atom is 0.387 e. The maximum absolute atomic E-state index is 13.0. The first-order valence-corrected chi connectivity index (χ1v) is 10.6. The van der Waals surface area contributed by atoms with Crippen molar-refractivity contribution >= 4 is 12.0 Å². The highest BCUT2D eigenvalue weighted by atomic mass is 19.3. The van der Waals surface area contributed by atoms with E-state index in [1.807, 2.05) is 4.90 Å². The Labute approximate surface area is 179 Å². The number of benzene rings is 1. The van der Waals surface area contributed by atoms with E-state index < -0.39 is 6.61 Å². The summed E-state index contributed by atoms with van der Waals surface area (Å²) in [5.74, 6) is 1.92. The molecule has 0 radical (unpaired) electrons. The quantitative estimate of drug-likeness (QED) is 0.646. The minimum absolute atomic E-state index is 0.0481. The Hall–Kier alpha value is -2.97. The average Bonchev–Trinajstić information content (AvgIpc) is 3.33. The minimum atomic E-state index is -2.93. The highest BCUT2D eigenvalue weighted by molar-refractivity contribution is 5.92. The van der Waals surface area contributed by atoms with Gasteiger partial charge in [-0.15, -0.1) is 10.2 Å². The SMILES string of the molecule is COc1cc(/C=C/C(=O)N2CCCC2c2nnc3n2CCCCC3)ccc1OC(F)F. The van der Waals surface area contributed by atoms with Gasteiger partial charge in [-0.2, -0.15) is 8.78 Å². The Balaban J connectivity index is 1.49. The van der Waals surface area contributed by atoms with Crippen LogP contribution in [0, 0.1) is 0 Å². The van der Waals surface area contributed by atoms with Crippen molar-refractivity contribution in [1.82, 2.24) is 19.7 Å². The summed E-state index contributed by atoms with van der Waals surface area (Å²) in [5, 5.41) is 8.81. The number of carbonyl (C=O) groups excluding carboxylic acids is 1. The molecule has 1 atom stereocenters. The van der Waals surface area contributed by atoms with Crippen molar-refractivity contribution in [3.05, 3.63) is 41.5 Å². The third kappa shape index (κ3) is 4.70. The zero-order valence-corrected chi connectivity index (χ0v) is 17.5. The molecule has 31 heavy (non-hydrogen) atoms. The largest absolute Gasteiger partial charge is 0.493 e. The molecule has 0 bridgehead atoms. The molecule has 2 aromatic rings. The monoisotopic (exact) mass is 432 g/mol. The molecule has 0 N–H and O–H groups in total. The van der Waals surface area contributed by atoms with Gasteiger partial charge in [0.05, 0.1) is 13.2 Å². The van der Waals surface area contributed by atoms with E-state index in [2.05, 4.69) is 19.5 Å². The summed E-state index contributed by atoms with van der Waals surface area (Å²) >= 11 is 0. The Bertz CT molecular complexity index is 960. The third-order valence-corrected chi connectivity index (χ3v) is 5.79. The molecule has 3 heterocycles. The highest BCUT2D eigenvalue weighted by Crippen LogP contribution is 2.33. The van der Waals surface area contributed by atoms with Crippen LogP contribution in [0.15, 0.2) is 24.3 Å². The van der Waals surface area contributed by atoms with Crippen LogP contribution in [0.3, 0.4) is 0 Å². The fourth-order valence-electron chi connectivity index (χ4n) is 4.30. The highest BCUT2D eigenvalue weighted by Gasteiger charge is 2.33. The van der Waals surface area contributed by atoms with Gasteiger partial charge < -0.3 is 18.9 Å². The smallest absolute Gasteiger partial charge is 0.387 e. The number of carbonyl (C=O) groups is 1. The van der Waals surface area contributed by atoms with Gasteiger partial charge in [-0.1, -0.05) is 12.5 Å². The summed E-state index contributed by atoms with van der Waals surface area (Å²) in [4.78, 5) is 14.8. The van der Waals surface area contributed by atoms with Crippen LogP contribution in [0.2, 0.25) is 0 Å². The first kappa shape index (κ1) is 21.3. The molecule has 0 aliphatic carbocycles. The Morgan fingerprint density at radius 2 is 2.03 bits per heavy atom. The number of amides is 1. The van der Waals surface area contributed by atoms with E-state index in [-0.39, 0.29) is 23.4 Å². The van der Waals surface area contributed by atoms with E-state index in [9.17, 15) is 13.6 Å². The summed E-state index contributed by atoms with van der Waals surface area (Å²) < 4.78 is 36.7. The van der Waals surface area contributed by atoms with Gasteiger partial charge in [0, 0.05) is 25.6 Å². The lowest BCUT2D eigenvalue weighted by Gasteiger charge is -2.23. The molecule has 1 unspecified atom stereocenters.